The summed E-state index contributed by atoms with van der Waals surface area (Å²) in [4.78, 5) is 11.6. The summed E-state index contributed by atoms with van der Waals surface area (Å²) in [6.07, 6.45) is 4.29. The van der Waals surface area contributed by atoms with E-state index in [1.165, 1.54) is 6.07 Å². The smallest absolute Gasteiger partial charge is 0.336 e. The summed E-state index contributed by atoms with van der Waals surface area (Å²) in [5.74, 6) is -0.410. The second-order valence-corrected chi connectivity index (χ2v) is 6.48. The van der Waals surface area contributed by atoms with Crippen LogP contribution >= 0.6 is 15.9 Å². The molecular weight excluding hydrogens is 316 g/mol. The van der Waals surface area contributed by atoms with E-state index >= 15 is 0 Å². The van der Waals surface area contributed by atoms with Crippen molar-refractivity contribution in [3.05, 3.63) is 28.2 Å². The van der Waals surface area contributed by atoms with Crippen LogP contribution in [-0.2, 0) is 10.8 Å². The van der Waals surface area contributed by atoms with Crippen LogP contribution in [0.1, 0.15) is 43.0 Å². The van der Waals surface area contributed by atoms with Gasteiger partial charge in [0.15, 0.2) is 0 Å². The molecule has 0 fully saturated rings. The third-order valence-corrected chi connectivity index (χ3v) is 4.75. The number of aromatic carboxylic acids is 1. The van der Waals surface area contributed by atoms with Crippen molar-refractivity contribution in [2.75, 3.05) is 5.75 Å². The Morgan fingerprint density at radius 2 is 2.06 bits per heavy atom. The molecule has 1 N–H and O–H groups in total. The summed E-state index contributed by atoms with van der Waals surface area (Å²) in [7, 11) is -1.11. The Bertz CT molecular complexity index is 446. The molecule has 1 aromatic carbocycles. The van der Waals surface area contributed by atoms with Gasteiger partial charge in [0.25, 0.3) is 0 Å². The number of hydrogen-bond acceptors (Lipinski definition) is 2. The lowest BCUT2D eigenvalue weighted by Crippen LogP contribution is -2.03. The van der Waals surface area contributed by atoms with Gasteiger partial charge in [-0.25, -0.2) is 4.79 Å². The van der Waals surface area contributed by atoms with E-state index in [1.54, 1.807) is 12.1 Å². The van der Waals surface area contributed by atoms with Crippen molar-refractivity contribution >= 4 is 32.7 Å². The average Bonchev–Trinajstić information content (AvgIpc) is 2.34. The van der Waals surface area contributed by atoms with E-state index in [4.69, 9.17) is 5.11 Å². The van der Waals surface area contributed by atoms with E-state index in [0.29, 0.717) is 15.1 Å². The van der Waals surface area contributed by atoms with Crippen LogP contribution in [0.2, 0.25) is 0 Å². The van der Waals surface area contributed by atoms with Crippen molar-refractivity contribution in [3.8, 4) is 0 Å². The molecule has 5 heteroatoms. The third-order valence-electron chi connectivity index (χ3n) is 2.61. The summed E-state index contributed by atoms with van der Waals surface area (Å²) in [6, 6.07) is 4.84. The molecule has 1 aromatic rings. The van der Waals surface area contributed by atoms with Gasteiger partial charge in [0.05, 0.1) is 16.4 Å². The molecule has 0 aliphatic heterocycles. The number of carbonyl (C=O) groups is 1. The summed E-state index contributed by atoms with van der Waals surface area (Å²) >= 11 is 3.17. The van der Waals surface area contributed by atoms with E-state index in [1.807, 2.05) is 0 Å². The molecule has 0 radical (unpaired) electrons. The zero-order valence-electron chi connectivity index (χ0n) is 10.3. The summed E-state index contributed by atoms with van der Waals surface area (Å²) in [5, 5.41) is 8.99. The predicted octanol–water partition coefficient (Wildman–Crippen LogP) is 3.84. The molecular formula is C13H17BrO3S. The van der Waals surface area contributed by atoms with E-state index in [-0.39, 0.29) is 5.56 Å². The lowest BCUT2D eigenvalue weighted by atomic mass is 10.2. The van der Waals surface area contributed by atoms with Crippen molar-refractivity contribution in [2.24, 2.45) is 0 Å². The number of rotatable bonds is 7. The molecule has 0 bridgehead atoms. The zero-order chi connectivity index (χ0) is 13.5. The molecule has 0 aliphatic rings. The number of hydrogen-bond donors (Lipinski definition) is 1. The fourth-order valence-corrected chi connectivity index (χ4v) is 3.18. The van der Waals surface area contributed by atoms with Crippen LogP contribution in [0, 0.1) is 0 Å². The van der Waals surface area contributed by atoms with Crippen LogP contribution in [0.5, 0.6) is 0 Å². The normalized spacial score (nSPS) is 12.3. The van der Waals surface area contributed by atoms with Crippen molar-refractivity contribution < 1.29 is 14.1 Å². The van der Waals surface area contributed by atoms with Crippen LogP contribution in [0.4, 0.5) is 0 Å². The first kappa shape index (κ1) is 15.4. The Morgan fingerprint density at radius 1 is 1.33 bits per heavy atom. The molecule has 0 amide bonds. The van der Waals surface area contributed by atoms with Crippen LogP contribution in [0.3, 0.4) is 0 Å². The Morgan fingerprint density at radius 3 is 2.67 bits per heavy atom. The van der Waals surface area contributed by atoms with Crippen LogP contribution in [0.25, 0.3) is 0 Å². The van der Waals surface area contributed by atoms with Crippen LogP contribution in [-0.4, -0.2) is 21.0 Å². The first-order valence-corrected chi connectivity index (χ1v) is 8.08. The second-order valence-electron chi connectivity index (χ2n) is 4.06. The Balaban J connectivity index is 2.68. The molecule has 0 saturated carbocycles. The van der Waals surface area contributed by atoms with Gasteiger partial charge < -0.3 is 5.11 Å². The SMILES string of the molecule is CCCCCCS(=O)c1ccc(Br)c(C(=O)O)c1. The minimum Gasteiger partial charge on any atom is -0.478 e. The number of unbranched alkanes of at least 4 members (excludes halogenated alkanes) is 3. The highest BCUT2D eigenvalue weighted by atomic mass is 79.9. The molecule has 0 spiro atoms. The highest BCUT2D eigenvalue weighted by molar-refractivity contribution is 9.10. The minimum absolute atomic E-state index is 0.161. The van der Waals surface area contributed by atoms with Gasteiger partial charge in [-0.05, 0) is 40.5 Å². The first-order chi connectivity index (χ1) is 8.56. The predicted molar refractivity (Wildman–Crippen MR) is 76.5 cm³/mol. The maximum absolute atomic E-state index is 12.0. The monoisotopic (exact) mass is 332 g/mol. The molecule has 100 valence electrons. The van der Waals surface area contributed by atoms with Crippen molar-refractivity contribution in [1.29, 1.82) is 0 Å². The highest BCUT2D eigenvalue weighted by Gasteiger charge is 2.12. The van der Waals surface area contributed by atoms with Gasteiger partial charge >= 0.3 is 5.97 Å². The van der Waals surface area contributed by atoms with Gasteiger partial charge in [0.1, 0.15) is 0 Å². The van der Waals surface area contributed by atoms with Gasteiger partial charge in [0.2, 0.25) is 0 Å². The Labute approximate surface area is 118 Å². The van der Waals surface area contributed by atoms with Crippen LogP contribution in [0.15, 0.2) is 27.6 Å². The largest absolute Gasteiger partial charge is 0.478 e. The summed E-state index contributed by atoms with van der Waals surface area (Å²) in [5.41, 5.74) is 0.161. The standard InChI is InChI=1S/C13H17BrO3S/c1-2-3-4-5-8-18(17)10-6-7-12(14)11(9-10)13(15)16/h6-7,9H,2-5,8H2,1H3,(H,15,16). The molecule has 0 heterocycles. The van der Waals surface area contributed by atoms with Crippen molar-refractivity contribution in [2.45, 2.75) is 37.5 Å². The number of halogens is 1. The van der Waals surface area contributed by atoms with E-state index < -0.39 is 16.8 Å². The first-order valence-electron chi connectivity index (χ1n) is 5.97. The average molecular weight is 333 g/mol. The lowest BCUT2D eigenvalue weighted by molar-refractivity contribution is 0.0695. The third kappa shape index (κ3) is 4.53. The van der Waals surface area contributed by atoms with E-state index in [9.17, 15) is 9.00 Å². The fraction of sp³-hybridized carbons (Fsp3) is 0.462. The van der Waals surface area contributed by atoms with Gasteiger partial charge in [0, 0.05) is 15.1 Å². The van der Waals surface area contributed by atoms with Gasteiger partial charge in [-0.1, -0.05) is 26.2 Å². The van der Waals surface area contributed by atoms with Crippen molar-refractivity contribution in [1.82, 2.24) is 0 Å². The molecule has 0 saturated heterocycles. The molecule has 1 atom stereocenters. The summed E-state index contributed by atoms with van der Waals surface area (Å²) in [6.45, 7) is 2.13. The minimum atomic E-state index is -1.11. The van der Waals surface area contributed by atoms with Crippen molar-refractivity contribution in [3.63, 3.8) is 0 Å². The maximum atomic E-state index is 12.0. The van der Waals surface area contributed by atoms with Gasteiger partial charge in [-0.2, -0.15) is 0 Å². The number of carboxylic acid groups (broad SMARTS) is 1. The number of carboxylic acids is 1. The lowest BCUT2D eigenvalue weighted by Gasteiger charge is -2.05. The summed E-state index contributed by atoms with van der Waals surface area (Å²) < 4.78 is 12.5. The molecule has 18 heavy (non-hydrogen) atoms. The Kier molecular flexibility index (Phi) is 6.57. The zero-order valence-corrected chi connectivity index (χ0v) is 12.7. The maximum Gasteiger partial charge on any atom is 0.336 e. The Hall–Kier alpha value is -0.680. The molecule has 3 nitrogen and oxygen atoms in total. The molecule has 0 aromatic heterocycles. The van der Waals surface area contributed by atoms with Crippen LogP contribution < -0.4 is 0 Å². The fourth-order valence-electron chi connectivity index (χ4n) is 1.59. The van der Waals surface area contributed by atoms with Gasteiger partial charge in [-0.15, -0.1) is 0 Å². The topological polar surface area (TPSA) is 54.4 Å². The molecule has 1 rings (SSSR count). The second kappa shape index (κ2) is 7.69. The number of benzene rings is 1. The quantitative estimate of drug-likeness (QED) is 0.772. The highest BCUT2D eigenvalue weighted by Crippen LogP contribution is 2.20. The van der Waals surface area contributed by atoms with E-state index in [2.05, 4.69) is 22.9 Å². The van der Waals surface area contributed by atoms with Gasteiger partial charge in [-0.3, -0.25) is 4.21 Å². The van der Waals surface area contributed by atoms with E-state index in [0.717, 1.165) is 25.7 Å². The molecule has 1 unspecified atom stereocenters. The molecule has 0 aliphatic carbocycles.